The van der Waals surface area contributed by atoms with E-state index in [1.165, 1.54) is 19.3 Å². The van der Waals surface area contributed by atoms with E-state index in [0.29, 0.717) is 18.0 Å². The van der Waals surface area contributed by atoms with E-state index < -0.39 is 0 Å². The van der Waals surface area contributed by atoms with E-state index in [0.717, 1.165) is 11.6 Å². The van der Waals surface area contributed by atoms with Crippen LogP contribution in [0.15, 0.2) is 6.20 Å². The Morgan fingerprint density at radius 1 is 1.50 bits per heavy atom. The fourth-order valence-corrected chi connectivity index (χ4v) is 1.95. The number of rotatable bonds is 5. The molecular formula is C13H23N3. The Bertz CT molecular complexity index is 352. The van der Waals surface area contributed by atoms with Crippen molar-refractivity contribution >= 4 is 5.95 Å². The molecule has 1 N–H and O–H groups in total. The van der Waals surface area contributed by atoms with E-state index in [9.17, 15) is 0 Å². The van der Waals surface area contributed by atoms with Gasteiger partial charge in [0.15, 0.2) is 0 Å². The molecule has 2 rings (SSSR count). The average Bonchev–Trinajstić information content (AvgIpc) is 3.03. The lowest BCUT2D eigenvalue weighted by Gasteiger charge is -2.21. The summed E-state index contributed by atoms with van der Waals surface area (Å²) in [5.41, 5.74) is 1.12. The van der Waals surface area contributed by atoms with Crippen LogP contribution in [0.3, 0.4) is 0 Å². The molecule has 1 heterocycles. The molecule has 1 aromatic heterocycles. The Kier molecular flexibility index (Phi) is 3.22. The Labute approximate surface area is 98.3 Å². The molecule has 16 heavy (non-hydrogen) atoms. The van der Waals surface area contributed by atoms with E-state index in [-0.39, 0.29) is 0 Å². The molecule has 3 heteroatoms. The Balaban J connectivity index is 2.08. The topological polar surface area (TPSA) is 29.9 Å². The highest BCUT2D eigenvalue weighted by atomic mass is 15.2. The van der Waals surface area contributed by atoms with Crippen molar-refractivity contribution in [3.63, 3.8) is 0 Å². The van der Waals surface area contributed by atoms with Crippen molar-refractivity contribution < 1.29 is 0 Å². The number of hydrogen-bond donors (Lipinski definition) is 1. The highest BCUT2D eigenvalue weighted by Crippen LogP contribution is 2.37. The number of anilines is 1. The summed E-state index contributed by atoms with van der Waals surface area (Å²) in [4.78, 5) is 4.58. The summed E-state index contributed by atoms with van der Waals surface area (Å²) in [5, 5.41) is 3.56. The monoisotopic (exact) mass is 221 g/mol. The van der Waals surface area contributed by atoms with Gasteiger partial charge in [0.05, 0.1) is 5.69 Å². The van der Waals surface area contributed by atoms with Gasteiger partial charge in [0.1, 0.15) is 0 Å². The van der Waals surface area contributed by atoms with E-state index in [1.54, 1.807) is 0 Å². The van der Waals surface area contributed by atoms with Crippen molar-refractivity contribution in [2.24, 2.45) is 5.92 Å². The second-order valence-electron chi connectivity index (χ2n) is 5.16. The summed E-state index contributed by atoms with van der Waals surface area (Å²) in [6.45, 7) is 8.84. The summed E-state index contributed by atoms with van der Waals surface area (Å²) in [6.07, 6.45) is 5.99. The SMILES string of the molecule is CCC(C)C(C)Nc1nc(C)cn1C1CC1. The second kappa shape index (κ2) is 4.48. The molecule has 2 atom stereocenters. The minimum atomic E-state index is 0.490. The quantitative estimate of drug-likeness (QED) is 0.826. The fourth-order valence-electron chi connectivity index (χ4n) is 1.95. The number of imidazole rings is 1. The zero-order valence-electron chi connectivity index (χ0n) is 10.8. The summed E-state index contributed by atoms with van der Waals surface area (Å²) < 4.78 is 2.31. The highest BCUT2D eigenvalue weighted by Gasteiger charge is 2.26. The van der Waals surface area contributed by atoms with Gasteiger partial charge in [0.2, 0.25) is 5.95 Å². The molecule has 0 amide bonds. The molecule has 1 fully saturated rings. The molecule has 1 aromatic rings. The van der Waals surface area contributed by atoms with Gasteiger partial charge < -0.3 is 9.88 Å². The fraction of sp³-hybridized carbons (Fsp3) is 0.769. The first-order valence-corrected chi connectivity index (χ1v) is 6.43. The smallest absolute Gasteiger partial charge is 0.203 e. The first-order chi connectivity index (χ1) is 7.61. The maximum Gasteiger partial charge on any atom is 0.203 e. The van der Waals surface area contributed by atoms with Crippen LogP contribution in [0.25, 0.3) is 0 Å². The zero-order chi connectivity index (χ0) is 11.7. The normalized spacial score (nSPS) is 19.5. The number of nitrogens with one attached hydrogen (secondary N) is 1. The maximum atomic E-state index is 4.58. The third kappa shape index (κ3) is 2.39. The molecule has 2 unspecified atom stereocenters. The predicted octanol–water partition coefficient (Wildman–Crippen LogP) is 3.37. The van der Waals surface area contributed by atoms with E-state index in [1.807, 2.05) is 0 Å². The summed E-state index contributed by atoms with van der Waals surface area (Å²) in [6, 6.07) is 1.19. The molecule has 0 bridgehead atoms. The van der Waals surface area contributed by atoms with Crippen LogP contribution >= 0.6 is 0 Å². The summed E-state index contributed by atoms with van der Waals surface area (Å²) in [7, 11) is 0. The summed E-state index contributed by atoms with van der Waals surface area (Å²) in [5.74, 6) is 1.75. The van der Waals surface area contributed by atoms with Crippen LogP contribution in [-0.2, 0) is 0 Å². The molecule has 90 valence electrons. The highest BCUT2D eigenvalue weighted by molar-refractivity contribution is 5.32. The van der Waals surface area contributed by atoms with Gasteiger partial charge in [-0.15, -0.1) is 0 Å². The lowest BCUT2D eigenvalue weighted by molar-refractivity contribution is 0.489. The predicted molar refractivity (Wildman–Crippen MR) is 67.8 cm³/mol. The minimum absolute atomic E-state index is 0.490. The van der Waals surface area contributed by atoms with E-state index in [4.69, 9.17) is 0 Å². The zero-order valence-corrected chi connectivity index (χ0v) is 10.8. The third-order valence-electron chi connectivity index (χ3n) is 3.65. The van der Waals surface area contributed by atoms with Gasteiger partial charge in [0, 0.05) is 18.3 Å². The lowest BCUT2D eigenvalue weighted by atomic mass is 10.0. The largest absolute Gasteiger partial charge is 0.353 e. The number of hydrogen-bond acceptors (Lipinski definition) is 2. The van der Waals surface area contributed by atoms with Crippen LogP contribution in [0.2, 0.25) is 0 Å². The van der Waals surface area contributed by atoms with Crippen molar-refractivity contribution in [3.05, 3.63) is 11.9 Å². The molecule has 1 aliphatic rings. The van der Waals surface area contributed by atoms with Gasteiger partial charge >= 0.3 is 0 Å². The Morgan fingerprint density at radius 3 is 2.75 bits per heavy atom. The van der Waals surface area contributed by atoms with Crippen molar-refractivity contribution in [2.45, 2.75) is 59.0 Å². The molecule has 0 spiro atoms. The van der Waals surface area contributed by atoms with Gasteiger partial charge in [-0.25, -0.2) is 4.98 Å². The van der Waals surface area contributed by atoms with Crippen LogP contribution in [-0.4, -0.2) is 15.6 Å². The number of nitrogens with zero attached hydrogens (tertiary/aromatic N) is 2. The van der Waals surface area contributed by atoms with Gasteiger partial charge in [-0.3, -0.25) is 0 Å². The average molecular weight is 221 g/mol. The Hall–Kier alpha value is -0.990. The minimum Gasteiger partial charge on any atom is -0.353 e. The molecule has 1 saturated carbocycles. The van der Waals surface area contributed by atoms with Crippen molar-refractivity contribution in [3.8, 4) is 0 Å². The molecule has 0 aliphatic heterocycles. The van der Waals surface area contributed by atoms with Gasteiger partial charge in [-0.05, 0) is 32.6 Å². The molecule has 0 radical (unpaired) electrons. The maximum absolute atomic E-state index is 4.58. The van der Waals surface area contributed by atoms with Crippen molar-refractivity contribution in [1.29, 1.82) is 0 Å². The first-order valence-electron chi connectivity index (χ1n) is 6.43. The van der Waals surface area contributed by atoms with Gasteiger partial charge in [-0.2, -0.15) is 0 Å². The van der Waals surface area contributed by atoms with Crippen LogP contribution in [0, 0.1) is 12.8 Å². The standard InChI is InChI=1S/C13H23N3/c1-5-9(2)11(4)15-13-14-10(3)8-16(13)12-6-7-12/h8-9,11-12H,5-7H2,1-4H3,(H,14,15). The number of aryl methyl sites for hydroxylation is 1. The van der Waals surface area contributed by atoms with E-state index >= 15 is 0 Å². The first kappa shape index (κ1) is 11.5. The van der Waals surface area contributed by atoms with Gasteiger partial charge in [-0.1, -0.05) is 20.3 Å². The van der Waals surface area contributed by atoms with Crippen LogP contribution in [0.4, 0.5) is 5.95 Å². The van der Waals surface area contributed by atoms with Crippen LogP contribution < -0.4 is 5.32 Å². The third-order valence-corrected chi connectivity index (χ3v) is 3.65. The van der Waals surface area contributed by atoms with Gasteiger partial charge in [0.25, 0.3) is 0 Å². The molecule has 1 aliphatic carbocycles. The second-order valence-corrected chi connectivity index (χ2v) is 5.16. The molecule has 0 aromatic carbocycles. The van der Waals surface area contributed by atoms with Crippen molar-refractivity contribution in [2.75, 3.05) is 5.32 Å². The van der Waals surface area contributed by atoms with Crippen LogP contribution in [0.5, 0.6) is 0 Å². The Morgan fingerprint density at radius 2 is 2.19 bits per heavy atom. The lowest BCUT2D eigenvalue weighted by Crippen LogP contribution is -2.25. The van der Waals surface area contributed by atoms with E-state index in [2.05, 4.69) is 48.8 Å². The summed E-state index contributed by atoms with van der Waals surface area (Å²) >= 11 is 0. The van der Waals surface area contributed by atoms with Crippen molar-refractivity contribution in [1.82, 2.24) is 9.55 Å². The number of aromatic nitrogens is 2. The molecular weight excluding hydrogens is 198 g/mol. The van der Waals surface area contributed by atoms with Crippen LogP contribution in [0.1, 0.15) is 51.8 Å². The molecule has 3 nitrogen and oxygen atoms in total. The molecule has 0 saturated heterocycles.